The van der Waals surface area contributed by atoms with Crippen molar-refractivity contribution in [3.63, 3.8) is 0 Å². The van der Waals surface area contributed by atoms with Crippen molar-refractivity contribution >= 4 is 5.97 Å². The highest BCUT2D eigenvalue weighted by molar-refractivity contribution is 5.87. The van der Waals surface area contributed by atoms with Gasteiger partial charge in [0.25, 0.3) is 0 Å². The Hall–Kier alpha value is -1.45. The van der Waals surface area contributed by atoms with Crippen LogP contribution >= 0.6 is 0 Å². The minimum absolute atomic E-state index is 0.0150. The topological polar surface area (TPSA) is 39.2 Å². The van der Waals surface area contributed by atoms with Crippen molar-refractivity contribution in [2.24, 2.45) is 0 Å². The average Bonchev–Trinajstić information content (AvgIpc) is 2.17. The molecule has 82 valence electrons. The number of aromatic nitrogens is 1. The summed E-state index contributed by atoms with van der Waals surface area (Å²) >= 11 is 0. The lowest BCUT2D eigenvalue weighted by atomic mass is 10.0. The zero-order valence-electron chi connectivity index (χ0n) is 9.08. The molecule has 4 heteroatoms. The van der Waals surface area contributed by atoms with Crippen LogP contribution in [0.2, 0.25) is 0 Å². The van der Waals surface area contributed by atoms with Crippen LogP contribution in [0.4, 0.5) is 4.39 Å². The van der Waals surface area contributed by atoms with Gasteiger partial charge in [0.2, 0.25) is 0 Å². The van der Waals surface area contributed by atoms with E-state index in [0.29, 0.717) is 5.56 Å². The van der Waals surface area contributed by atoms with Gasteiger partial charge in [-0.25, -0.2) is 14.2 Å². The molecule has 0 aliphatic carbocycles. The molecule has 0 amide bonds. The Bertz CT molecular complexity index is 364. The molecule has 15 heavy (non-hydrogen) atoms. The van der Waals surface area contributed by atoms with E-state index in [1.807, 2.05) is 13.8 Å². The van der Waals surface area contributed by atoms with Crippen LogP contribution in [0.15, 0.2) is 12.3 Å². The molecular formula is C11H14FNO2. The molecule has 3 nitrogen and oxygen atoms in total. The van der Waals surface area contributed by atoms with E-state index in [0.717, 1.165) is 0 Å². The van der Waals surface area contributed by atoms with E-state index in [2.05, 4.69) is 4.98 Å². The summed E-state index contributed by atoms with van der Waals surface area (Å²) in [6.07, 6.45) is 1.42. The molecule has 0 atom stereocenters. The first-order valence-corrected chi connectivity index (χ1v) is 4.89. The molecule has 0 N–H and O–H groups in total. The molecule has 0 saturated heterocycles. The largest absolute Gasteiger partial charge is 0.461 e. The van der Waals surface area contributed by atoms with Crippen LogP contribution < -0.4 is 0 Å². The van der Waals surface area contributed by atoms with Crippen molar-refractivity contribution in [3.8, 4) is 0 Å². The van der Waals surface area contributed by atoms with Crippen LogP contribution in [0.25, 0.3) is 0 Å². The molecule has 1 aromatic rings. The Morgan fingerprint density at radius 1 is 1.60 bits per heavy atom. The third kappa shape index (κ3) is 2.52. The summed E-state index contributed by atoms with van der Waals surface area (Å²) in [4.78, 5) is 15.0. The lowest BCUT2D eigenvalue weighted by Crippen LogP contribution is -2.11. The highest BCUT2D eigenvalue weighted by Gasteiger charge is 2.18. The van der Waals surface area contributed by atoms with E-state index >= 15 is 0 Å². The Labute approximate surface area is 88.3 Å². The highest BCUT2D eigenvalue weighted by Crippen LogP contribution is 2.19. The van der Waals surface area contributed by atoms with Crippen molar-refractivity contribution in [3.05, 3.63) is 29.3 Å². The van der Waals surface area contributed by atoms with Crippen molar-refractivity contribution in [1.82, 2.24) is 4.98 Å². The van der Waals surface area contributed by atoms with E-state index < -0.39 is 11.8 Å². The maximum Gasteiger partial charge on any atom is 0.360 e. The SMILES string of the molecule is CCOC(=O)c1nccc(C(C)C)c1F. The number of halogens is 1. The molecule has 0 radical (unpaired) electrons. The minimum Gasteiger partial charge on any atom is -0.461 e. The number of pyridine rings is 1. The summed E-state index contributed by atoms with van der Waals surface area (Å²) in [6.45, 7) is 5.59. The molecule has 0 unspecified atom stereocenters. The number of rotatable bonds is 3. The predicted molar refractivity (Wildman–Crippen MR) is 54.2 cm³/mol. The standard InChI is InChI=1S/C11H14FNO2/c1-4-15-11(14)10-9(12)8(7(2)3)5-6-13-10/h5-7H,4H2,1-3H3. The van der Waals surface area contributed by atoms with Gasteiger partial charge in [-0.15, -0.1) is 0 Å². The normalized spacial score (nSPS) is 10.5. The van der Waals surface area contributed by atoms with E-state index in [-0.39, 0.29) is 18.2 Å². The van der Waals surface area contributed by atoms with E-state index in [4.69, 9.17) is 4.74 Å². The summed E-state index contributed by atoms with van der Waals surface area (Å²) < 4.78 is 18.4. The minimum atomic E-state index is -0.711. The summed E-state index contributed by atoms with van der Waals surface area (Å²) in [6, 6.07) is 1.57. The van der Waals surface area contributed by atoms with Gasteiger partial charge in [-0.2, -0.15) is 0 Å². The number of carbonyl (C=O) groups is 1. The van der Waals surface area contributed by atoms with Crippen LogP contribution in [0.3, 0.4) is 0 Å². The fourth-order valence-corrected chi connectivity index (χ4v) is 1.25. The molecule has 1 aromatic heterocycles. The first kappa shape index (κ1) is 11.6. The summed E-state index contributed by atoms with van der Waals surface area (Å²) in [7, 11) is 0. The number of esters is 1. The monoisotopic (exact) mass is 211 g/mol. The molecule has 0 aliphatic rings. The van der Waals surface area contributed by atoms with Crippen LogP contribution in [-0.2, 0) is 4.74 Å². The Kier molecular flexibility index (Phi) is 3.77. The van der Waals surface area contributed by atoms with Crippen LogP contribution in [0.5, 0.6) is 0 Å². The molecule has 1 rings (SSSR count). The smallest absolute Gasteiger partial charge is 0.360 e. The zero-order chi connectivity index (χ0) is 11.4. The van der Waals surface area contributed by atoms with Crippen molar-refractivity contribution < 1.29 is 13.9 Å². The zero-order valence-corrected chi connectivity index (χ0v) is 9.08. The first-order chi connectivity index (χ1) is 7.07. The van der Waals surface area contributed by atoms with Gasteiger partial charge in [-0.05, 0) is 24.5 Å². The molecule has 1 heterocycles. The van der Waals surface area contributed by atoms with Crippen molar-refractivity contribution in [2.75, 3.05) is 6.61 Å². The Morgan fingerprint density at radius 2 is 2.27 bits per heavy atom. The van der Waals surface area contributed by atoms with Crippen LogP contribution in [0, 0.1) is 5.82 Å². The number of hydrogen-bond acceptors (Lipinski definition) is 3. The second-order valence-electron chi connectivity index (χ2n) is 3.44. The lowest BCUT2D eigenvalue weighted by molar-refractivity contribution is 0.0513. The van der Waals surface area contributed by atoms with Crippen LogP contribution in [0.1, 0.15) is 42.7 Å². The van der Waals surface area contributed by atoms with Gasteiger partial charge in [0.1, 0.15) is 0 Å². The third-order valence-electron chi connectivity index (χ3n) is 2.01. The molecule has 0 saturated carbocycles. The predicted octanol–water partition coefficient (Wildman–Crippen LogP) is 2.52. The van der Waals surface area contributed by atoms with E-state index in [1.54, 1.807) is 13.0 Å². The first-order valence-electron chi connectivity index (χ1n) is 4.89. The van der Waals surface area contributed by atoms with Gasteiger partial charge >= 0.3 is 5.97 Å². The van der Waals surface area contributed by atoms with Gasteiger partial charge in [-0.3, -0.25) is 0 Å². The third-order valence-corrected chi connectivity index (χ3v) is 2.01. The molecule has 0 fully saturated rings. The van der Waals surface area contributed by atoms with E-state index in [9.17, 15) is 9.18 Å². The Morgan fingerprint density at radius 3 is 2.80 bits per heavy atom. The lowest BCUT2D eigenvalue weighted by Gasteiger charge is -2.09. The summed E-state index contributed by atoms with van der Waals surface area (Å²) in [5, 5.41) is 0. The van der Waals surface area contributed by atoms with Gasteiger partial charge in [0.05, 0.1) is 6.61 Å². The average molecular weight is 211 g/mol. The van der Waals surface area contributed by atoms with Gasteiger partial charge in [0, 0.05) is 6.20 Å². The van der Waals surface area contributed by atoms with E-state index in [1.165, 1.54) is 6.20 Å². The summed E-state index contributed by atoms with van der Waals surface area (Å²) in [5.74, 6) is -1.27. The number of carbonyl (C=O) groups excluding carboxylic acids is 1. The summed E-state index contributed by atoms with van der Waals surface area (Å²) in [5.41, 5.74) is 0.246. The maximum absolute atomic E-state index is 13.7. The van der Waals surface area contributed by atoms with Gasteiger partial charge in [0.15, 0.2) is 11.5 Å². The second-order valence-corrected chi connectivity index (χ2v) is 3.44. The highest BCUT2D eigenvalue weighted by atomic mass is 19.1. The van der Waals surface area contributed by atoms with Gasteiger partial charge in [-0.1, -0.05) is 13.8 Å². The molecule has 0 aromatic carbocycles. The number of hydrogen-bond donors (Lipinski definition) is 0. The molecule has 0 spiro atoms. The fourth-order valence-electron chi connectivity index (χ4n) is 1.25. The molecular weight excluding hydrogens is 197 g/mol. The second kappa shape index (κ2) is 4.87. The number of ether oxygens (including phenoxy) is 1. The van der Waals surface area contributed by atoms with Gasteiger partial charge < -0.3 is 4.74 Å². The maximum atomic E-state index is 13.7. The van der Waals surface area contributed by atoms with Crippen molar-refractivity contribution in [1.29, 1.82) is 0 Å². The molecule has 0 bridgehead atoms. The van der Waals surface area contributed by atoms with Crippen LogP contribution in [-0.4, -0.2) is 17.6 Å². The quantitative estimate of drug-likeness (QED) is 0.721. The molecule has 0 aliphatic heterocycles. The van der Waals surface area contributed by atoms with Crippen molar-refractivity contribution in [2.45, 2.75) is 26.7 Å². The number of nitrogens with zero attached hydrogens (tertiary/aromatic N) is 1. The Balaban J connectivity index is 3.09. The fraction of sp³-hybridized carbons (Fsp3) is 0.455.